The maximum absolute atomic E-state index is 6.08. The first-order valence-electron chi connectivity index (χ1n) is 10.0. The van der Waals surface area contributed by atoms with Gasteiger partial charge in [-0.3, -0.25) is 0 Å². The molecule has 152 valence electrons. The van der Waals surface area contributed by atoms with Crippen molar-refractivity contribution < 1.29 is 9.47 Å². The van der Waals surface area contributed by atoms with Gasteiger partial charge in [0.15, 0.2) is 5.82 Å². The Balaban J connectivity index is 1.89. The molecule has 31 heavy (non-hydrogen) atoms. The third-order valence-corrected chi connectivity index (χ3v) is 5.36. The SMILES string of the molecule is [B]c1c(C)nc(-c2cc(-c3ccc(OC)cc3)cc(-c3ccc(OC)cc3)c2)nc1C. The van der Waals surface area contributed by atoms with Gasteiger partial charge in [0.1, 0.15) is 19.3 Å². The fourth-order valence-corrected chi connectivity index (χ4v) is 3.51. The molecule has 1 heterocycles. The normalized spacial score (nSPS) is 10.7. The van der Waals surface area contributed by atoms with E-state index in [1.807, 2.05) is 38.1 Å². The summed E-state index contributed by atoms with van der Waals surface area (Å²) in [5.74, 6) is 2.31. The molecule has 0 aliphatic heterocycles. The third kappa shape index (κ3) is 4.31. The van der Waals surface area contributed by atoms with Crippen molar-refractivity contribution in [2.45, 2.75) is 13.8 Å². The van der Waals surface area contributed by atoms with Crippen LogP contribution in [0.3, 0.4) is 0 Å². The summed E-state index contributed by atoms with van der Waals surface area (Å²) in [6.45, 7) is 3.82. The number of hydrogen-bond donors (Lipinski definition) is 0. The second-order valence-electron chi connectivity index (χ2n) is 7.39. The molecule has 0 amide bonds. The molecule has 0 aliphatic carbocycles. The summed E-state index contributed by atoms with van der Waals surface area (Å²) in [6.07, 6.45) is 0. The molecule has 0 N–H and O–H groups in total. The van der Waals surface area contributed by atoms with Crippen LogP contribution in [0.25, 0.3) is 33.6 Å². The zero-order valence-electron chi connectivity index (χ0n) is 18.1. The van der Waals surface area contributed by atoms with E-state index >= 15 is 0 Å². The lowest BCUT2D eigenvalue weighted by Gasteiger charge is -2.13. The summed E-state index contributed by atoms with van der Waals surface area (Å²) in [5.41, 5.74) is 7.44. The average Bonchev–Trinajstić information content (AvgIpc) is 2.82. The van der Waals surface area contributed by atoms with E-state index in [0.717, 1.165) is 50.7 Å². The summed E-state index contributed by atoms with van der Waals surface area (Å²) in [5, 5.41) is 0. The molecule has 0 atom stereocenters. The number of benzene rings is 3. The molecule has 4 aromatic rings. The summed E-state index contributed by atoms with van der Waals surface area (Å²) in [7, 11) is 9.41. The molecule has 0 saturated carbocycles. The molecule has 1 aromatic heterocycles. The minimum Gasteiger partial charge on any atom is -0.497 e. The molecular weight excluding hydrogens is 383 g/mol. The Morgan fingerprint density at radius 3 is 1.35 bits per heavy atom. The van der Waals surface area contributed by atoms with Crippen molar-refractivity contribution in [3.05, 3.63) is 78.1 Å². The molecule has 2 radical (unpaired) electrons. The maximum Gasteiger partial charge on any atom is 0.159 e. The molecule has 0 aliphatic rings. The van der Waals surface area contributed by atoms with Crippen LogP contribution in [0, 0.1) is 13.8 Å². The number of ether oxygens (including phenoxy) is 2. The highest BCUT2D eigenvalue weighted by molar-refractivity contribution is 6.33. The Bertz CT molecular complexity index is 1130. The predicted molar refractivity (Wildman–Crippen MR) is 126 cm³/mol. The zero-order valence-corrected chi connectivity index (χ0v) is 18.1. The second-order valence-corrected chi connectivity index (χ2v) is 7.39. The van der Waals surface area contributed by atoms with Gasteiger partial charge in [-0.2, -0.15) is 0 Å². The number of aryl methyl sites for hydroxylation is 2. The number of aromatic nitrogens is 2. The lowest BCUT2D eigenvalue weighted by Crippen LogP contribution is -2.16. The number of hydrogen-bond acceptors (Lipinski definition) is 4. The smallest absolute Gasteiger partial charge is 0.159 e. The summed E-state index contributed by atoms with van der Waals surface area (Å²) in [6, 6.07) is 22.4. The average molecular weight is 406 g/mol. The van der Waals surface area contributed by atoms with Crippen LogP contribution < -0.4 is 14.9 Å². The monoisotopic (exact) mass is 406 g/mol. The standard InChI is InChI=1S/C26H23BN2O2/c1-16-25(27)17(2)29-26(28-16)22-14-20(18-5-9-23(30-3)10-6-18)13-21(15-22)19-7-11-24(31-4)12-8-19/h5-15H,1-4H3. The van der Waals surface area contributed by atoms with Crippen LogP contribution in [0.2, 0.25) is 0 Å². The highest BCUT2D eigenvalue weighted by Crippen LogP contribution is 2.33. The van der Waals surface area contributed by atoms with Gasteiger partial charge in [0.25, 0.3) is 0 Å². The van der Waals surface area contributed by atoms with Crippen molar-refractivity contribution in [1.82, 2.24) is 9.97 Å². The predicted octanol–water partition coefficient (Wildman–Crippen LogP) is 4.91. The number of nitrogens with zero attached hydrogens (tertiary/aromatic N) is 2. The van der Waals surface area contributed by atoms with Crippen LogP contribution in [0.4, 0.5) is 0 Å². The van der Waals surface area contributed by atoms with E-state index in [1.165, 1.54) is 0 Å². The molecular formula is C26H23BN2O2. The molecule has 5 heteroatoms. The molecule has 0 spiro atoms. The first-order chi connectivity index (χ1) is 15.0. The number of rotatable bonds is 5. The van der Waals surface area contributed by atoms with Gasteiger partial charge in [0, 0.05) is 17.0 Å². The fraction of sp³-hybridized carbons (Fsp3) is 0.154. The zero-order chi connectivity index (χ0) is 22.0. The van der Waals surface area contributed by atoms with Gasteiger partial charge in [0.2, 0.25) is 0 Å². The molecule has 4 nitrogen and oxygen atoms in total. The first-order valence-corrected chi connectivity index (χ1v) is 10.0. The van der Waals surface area contributed by atoms with Crippen molar-refractivity contribution in [1.29, 1.82) is 0 Å². The van der Waals surface area contributed by atoms with Gasteiger partial charge in [-0.25, -0.2) is 9.97 Å². The topological polar surface area (TPSA) is 44.2 Å². The second kappa shape index (κ2) is 8.64. The molecule has 0 bridgehead atoms. The quantitative estimate of drug-likeness (QED) is 0.442. The van der Waals surface area contributed by atoms with Crippen molar-refractivity contribution in [3.63, 3.8) is 0 Å². The molecule has 0 unspecified atom stereocenters. The summed E-state index contributed by atoms with van der Waals surface area (Å²) >= 11 is 0. The van der Waals surface area contributed by atoms with Crippen LogP contribution in [0.1, 0.15) is 11.4 Å². The van der Waals surface area contributed by atoms with Crippen LogP contribution >= 0.6 is 0 Å². The van der Waals surface area contributed by atoms with E-state index in [1.54, 1.807) is 14.2 Å². The van der Waals surface area contributed by atoms with E-state index in [4.69, 9.17) is 17.3 Å². The van der Waals surface area contributed by atoms with Gasteiger partial charge in [-0.1, -0.05) is 29.7 Å². The highest BCUT2D eigenvalue weighted by Gasteiger charge is 2.12. The minimum absolute atomic E-state index is 0.630. The van der Waals surface area contributed by atoms with E-state index in [0.29, 0.717) is 11.3 Å². The Morgan fingerprint density at radius 1 is 0.581 bits per heavy atom. The Labute approximate surface area is 184 Å². The lowest BCUT2D eigenvalue weighted by molar-refractivity contribution is 0.415. The van der Waals surface area contributed by atoms with E-state index in [-0.39, 0.29) is 0 Å². The van der Waals surface area contributed by atoms with Crippen molar-refractivity contribution >= 4 is 13.3 Å². The van der Waals surface area contributed by atoms with Gasteiger partial charge < -0.3 is 9.47 Å². The maximum atomic E-state index is 6.08. The van der Waals surface area contributed by atoms with Crippen molar-refractivity contribution in [3.8, 4) is 45.1 Å². The van der Waals surface area contributed by atoms with Crippen LogP contribution in [-0.2, 0) is 0 Å². The molecule has 3 aromatic carbocycles. The Kier molecular flexibility index (Phi) is 5.76. The highest BCUT2D eigenvalue weighted by atomic mass is 16.5. The third-order valence-electron chi connectivity index (χ3n) is 5.36. The van der Waals surface area contributed by atoms with Crippen LogP contribution in [-0.4, -0.2) is 32.0 Å². The Morgan fingerprint density at radius 2 is 0.968 bits per heavy atom. The van der Waals surface area contributed by atoms with Crippen molar-refractivity contribution in [2.24, 2.45) is 0 Å². The molecule has 0 fully saturated rings. The largest absolute Gasteiger partial charge is 0.497 e. The van der Waals surface area contributed by atoms with Gasteiger partial charge >= 0.3 is 0 Å². The van der Waals surface area contributed by atoms with E-state index in [9.17, 15) is 0 Å². The van der Waals surface area contributed by atoms with Gasteiger partial charge in [-0.15, -0.1) is 0 Å². The van der Waals surface area contributed by atoms with E-state index in [2.05, 4.69) is 52.4 Å². The summed E-state index contributed by atoms with van der Waals surface area (Å²) < 4.78 is 10.6. The van der Waals surface area contributed by atoms with Gasteiger partial charge in [-0.05, 0) is 78.6 Å². The minimum atomic E-state index is 0.630. The van der Waals surface area contributed by atoms with E-state index < -0.39 is 0 Å². The van der Waals surface area contributed by atoms with Crippen molar-refractivity contribution in [2.75, 3.05) is 14.2 Å². The van der Waals surface area contributed by atoms with Gasteiger partial charge in [0.05, 0.1) is 14.2 Å². The molecule has 0 saturated heterocycles. The molecule has 4 rings (SSSR count). The fourth-order valence-electron chi connectivity index (χ4n) is 3.51. The lowest BCUT2D eigenvalue weighted by atomic mass is 9.92. The van der Waals surface area contributed by atoms with Crippen LogP contribution in [0.15, 0.2) is 66.7 Å². The Hall–Kier alpha value is -3.60. The summed E-state index contributed by atoms with van der Waals surface area (Å²) in [4.78, 5) is 9.30. The first kappa shape index (κ1) is 20.7. The number of methoxy groups -OCH3 is 2. The van der Waals surface area contributed by atoms with Crippen LogP contribution in [0.5, 0.6) is 11.5 Å².